The zero-order chi connectivity index (χ0) is 17.1. The smallest absolute Gasteiger partial charge is 0.168 e. The van der Waals surface area contributed by atoms with E-state index in [4.69, 9.17) is 0 Å². The Balaban J connectivity index is 1.82. The summed E-state index contributed by atoms with van der Waals surface area (Å²) in [5.41, 5.74) is 2.71. The van der Waals surface area contributed by atoms with Gasteiger partial charge in [-0.1, -0.05) is 34.1 Å². The molecular formula is C19H18BrFN2O. The summed E-state index contributed by atoms with van der Waals surface area (Å²) in [6, 6.07) is 8.43. The van der Waals surface area contributed by atoms with Crippen LogP contribution in [0.4, 0.5) is 4.39 Å². The molecule has 5 heteroatoms. The maximum absolute atomic E-state index is 13.2. The molecule has 0 amide bonds. The summed E-state index contributed by atoms with van der Waals surface area (Å²) in [6.07, 6.45) is 6.02. The number of carbonyl (C=O) groups is 1. The second kappa shape index (κ2) is 7.36. The molecule has 0 radical (unpaired) electrons. The van der Waals surface area contributed by atoms with Gasteiger partial charge in [0.1, 0.15) is 5.82 Å². The van der Waals surface area contributed by atoms with Gasteiger partial charge in [0.05, 0.1) is 5.92 Å². The number of likely N-dealkylation sites (N-methyl/N-ethyl adjacent to an activating group) is 1. The fraction of sp³-hybridized carbons (Fsp3) is 0.263. The van der Waals surface area contributed by atoms with Gasteiger partial charge in [0.2, 0.25) is 0 Å². The molecule has 1 aromatic carbocycles. The SMILES string of the molecule is CN1CC(=CCc2ccc(F)cc2Br)C(=O)C(c2cccnc2)C1. The molecule has 2 heterocycles. The monoisotopic (exact) mass is 388 g/mol. The summed E-state index contributed by atoms with van der Waals surface area (Å²) in [5.74, 6) is -0.303. The van der Waals surface area contributed by atoms with Crippen LogP contribution in [0.3, 0.4) is 0 Å². The summed E-state index contributed by atoms with van der Waals surface area (Å²) in [6.45, 7) is 1.33. The van der Waals surface area contributed by atoms with Crippen LogP contribution in [0.2, 0.25) is 0 Å². The van der Waals surface area contributed by atoms with E-state index in [2.05, 4.69) is 25.8 Å². The Kier molecular flexibility index (Phi) is 5.21. The Bertz CT molecular complexity index is 776. The van der Waals surface area contributed by atoms with Crippen molar-refractivity contribution in [2.45, 2.75) is 12.3 Å². The minimum absolute atomic E-state index is 0.152. The van der Waals surface area contributed by atoms with E-state index in [9.17, 15) is 9.18 Å². The molecule has 1 fully saturated rings. The van der Waals surface area contributed by atoms with Gasteiger partial charge in [0.15, 0.2) is 5.78 Å². The first-order valence-electron chi connectivity index (χ1n) is 7.80. The molecule has 0 N–H and O–H groups in total. The lowest BCUT2D eigenvalue weighted by atomic mass is 9.87. The number of Topliss-reactive ketones (excluding diaryl/α,β-unsaturated/α-hetero) is 1. The molecule has 1 atom stereocenters. The molecule has 1 aliphatic heterocycles. The van der Waals surface area contributed by atoms with Crippen LogP contribution in [-0.2, 0) is 11.2 Å². The van der Waals surface area contributed by atoms with Crippen molar-refractivity contribution in [1.29, 1.82) is 0 Å². The van der Waals surface area contributed by atoms with E-state index in [1.807, 2.05) is 25.3 Å². The number of nitrogens with zero attached hydrogens (tertiary/aromatic N) is 2. The van der Waals surface area contributed by atoms with Crippen molar-refractivity contribution in [3.05, 3.63) is 75.8 Å². The predicted octanol–water partition coefficient (Wildman–Crippen LogP) is 3.75. The van der Waals surface area contributed by atoms with Gasteiger partial charge in [0.25, 0.3) is 0 Å². The number of aromatic nitrogens is 1. The zero-order valence-electron chi connectivity index (χ0n) is 13.4. The molecule has 24 heavy (non-hydrogen) atoms. The van der Waals surface area contributed by atoms with E-state index in [0.717, 1.165) is 21.2 Å². The van der Waals surface area contributed by atoms with Crippen molar-refractivity contribution in [2.24, 2.45) is 0 Å². The van der Waals surface area contributed by atoms with Crippen molar-refractivity contribution >= 4 is 21.7 Å². The van der Waals surface area contributed by atoms with E-state index in [1.165, 1.54) is 12.1 Å². The molecule has 1 saturated heterocycles. The van der Waals surface area contributed by atoms with Gasteiger partial charge in [0, 0.05) is 35.5 Å². The van der Waals surface area contributed by atoms with Crippen molar-refractivity contribution in [3.8, 4) is 0 Å². The molecule has 2 aromatic rings. The minimum atomic E-state index is -0.275. The van der Waals surface area contributed by atoms with Crippen LogP contribution < -0.4 is 0 Å². The fourth-order valence-electron chi connectivity index (χ4n) is 2.98. The lowest BCUT2D eigenvalue weighted by Gasteiger charge is -2.30. The molecule has 3 rings (SSSR count). The topological polar surface area (TPSA) is 33.2 Å². The van der Waals surface area contributed by atoms with Crippen LogP contribution in [0.1, 0.15) is 17.0 Å². The highest BCUT2D eigenvalue weighted by Crippen LogP contribution is 2.26. The number of pyridine rings is 1. The van der Waals surface area contributed by atoms with Crippen LogP contribution in [-0.4, -0.2) is 35.8 Å². The number of ketones is 1. The normalized spacial score (nSPS) is 20.5. The van der Waals surface area contributed by atoms with E-state index in [0.29, 0.717) is 19.5 Å². The third-order valence-electron chi connectivity index (χ3n) is 4.24. The van der Waals surface area contributed by atoms with Crippen molar-refractivity contribution in [1.82, 2.24) is 9.88 Å². The Morgan fingerprint density at radius 1 is 1.42 bits per heavy atom. The van der Waals surface area contributed by atoms with Gasteiger partial charge >= 0.3 is 0 Å². The molecule has 0 spiro atoms. The number of rotatable bonds is 3. The van der Waals surface area contributed by atoms with Crippen molar-refractivity contribution in [3.63, 3.8) is 0 Å². The average molecular weight is 389 g/mol. The number of hydrogen-bond donors (Lipinski definition) is 0. The molecule has 3 nitrogen and oxygen atoms in total. The Morgan fingerprint density at radius 2 is 2.25 bits per heavy atom. The largest absolute Gasteiger partial charge is 0.301 e. The lowest BCUT2D eigenvalue weighted by molar-refractivity contribution is -0.118. The number of piperidine rings is 1. The van der Waals surface area contributed by atoms with E-state index >= 15 is 0 Å². The second-order valence-corrected chi connectivity index (χ2v) is 6.92. The van der Waals surface area contributed by atoms with Gasteiger partial charge < -0.3 is 4.90 Å². The van der Waals surface area contributed by atoms with Gasteiger partial charge in [-0.05, 0) is 42.8 Å². The Hall–Kier alpha value is -1.85. The Morgan fingerprint density at radius 3 is 2.96 bits per heavy atom. The van der Waals surface area contributed by atoms with Gasteiger partial charge in [-0.3, -0.25) is 9.78 Å². The Labute approximate surface area is 149 Å². The molecule has 0 aliphatic carbocycles. The molecule has 1 unspecified atom stereocenters. The average Bonchev–Trinajstić information content (AvgIpc) is 2.57. The van der Waals surface area contributed by atoms with Crippen LogP contribution >= 0.6 is 15.9 Å². The minimum Gasteiger partial charge on any atom is -0.301 e. The van der Waals surface area contributed by atoms with Gasteiger partial charge in [-0.2, -0.15) is 0 Å². The molecular weight excluding hydrogens is 371 g/mol. The number of carbonyl (C=O) groups excluding carboxylic acids is 1. The highest BCUT2D eigenvalue weighted by Gasteiger charge is 2.30. The second-order valence-electron chi connectivity index (χ2n) is 6.07. The van der Waals surface area contributed by atoms with Gasteiger partial charge in [-0.15, -0.1) is 0 Å². The zero-order valence-corrected chi connectivity index (χ0v) is 15.0. The van der Waals surface area contributed by atoms with Crippen LogP contribution in [0.15, 0.2) is 58.8 Å². The highest BCUT2D eigenvalue weighted by atomic mass is 79.9. The predicted molar refractivity (Wildman–Crippen MR) is 95.4 cm³/mol. The number of allylic oxidation sites excluding steroid dienone is 1. The summed E-state index contributed by atoms with van der Waals surface area (Å²) in [7, 11) is 2.01. The summed E-state index contributed by atoms with van der Waals surface area (Å²) >= 11 is 3.37. The molecule has 0 saturated carbocycles. The first kappa shape index (κ1) is 17.0. The number of benzene rings is 1. The number of likely N-dealkylation sites (tertiary alicyclic amines) is 1. The van der Waals surface area contributed by atoms with Gasteiger partial charge in [-0.25, -0.2) is 4.39 Å². The molecule has 1 aromatic heterocycles. The standard InChI is InChI=1S/C19H18BrFN2O/c1-23-11-15(5-4-13-6-7-16(21)9-18(13)20)19(24)17(12-23)14-3-2-8-22-10-14/h2-3,5-10,17H,4,11-12H2,1H3. The summed E-state index contributed by atoms with van der Waals surface area (Å²) < 4.78 is 13.9. The molecule has 0 bridgehead atoms. The van der Waals surface area contributed by atoms with E-state index in [1.54, 1.807) is 18.5 Å². The van der Waals surface area contributed by atoms with E-state index in [-0.39, 0.29) is 17.5 Å². The van der Waals surface area contributed by atoms with Crippen LogP contribution in [0.5, 0.6) is 0 Å². The molecule has 124 valence electrons. The highest BCUT2D eigenvalue weighted by molar-refractivity contribution is 9.10. The van der Waals surface area contributed by atoms with E-state index < -0.39 is 0 Å². The lowest BCUT2D eigenvalue weighted by Crippen LogP contribution is -2.39. The number of hydrogen-bond acceptors (Lipinski definition) is 3. The summed E-state index contributed by atoms with van der Waals surface area (Å²) in [4.78, 5) is 19.1. The fourth-order valence-corrected chi connectivity index (χ4v) is 3.49. The molecule has 1 aliphatic rings. The first-order chi connectivity index (χ1) is 11.5. The van der Waals surface area contributed by atoms with Crippen molar-refractivity contribution in [2.75, 3.05) is 20.1 Å². The maximum Gasteiger partial charge on any atom is 0.168 e. The third-order valence-corrected chi connectivity index (χ3v) is 4.98. The summed E-state index contributed by atoms with van der Waals surface area (Å²) in [5, 5.41) is 0. The van der Waals surface area contributed by atoms with Crippen LogP contribution in [0.25, 0.3) is 0 Å². The van der Waals surface area contributed by atoms with Crippen molar-refractivity contribution < 1.29 is 9.18 Å². The first-order valence-corrected chi connectivity index (χ1v) is 8.59. The van der Waals surface area contributed by atoms with Crippen LogP contribution in [0, 0.1) is 5.82 Å². The quantitative estimate of drug-likeness (QED) is 0.750. The number of halogens is 2. The third kappa shape index (κ3) is 3.79. The maximum atomic E-state index is 13.2.